The predicted molar refractivity (Wildman–Crippen MR) is 90.5 cm³/mol. The molecule has 0 radical (unpaired) electrons. The van der Waals surface area contributed by atoms with Crippen molar-refractivity contribution in [3.63, 3.8) is 0 Å². The Morgan fingerprint density at radius 1 is 1.25 bits per heavy atom. The van der Waals surface area contributed by atoms with Crippen LogP contribution in [0.3, 0.4) is 0 Å². The van der Waals surface area contributed by atoms with Crippen molar-refractivity contribution in [3.05, 3.63) is 56.0 Å². The minimum Gasteiger partial charge on any atom is -0.319 e. The summed E-state index contributed by atoms with van der Waals surface area (Å²) in [4.78, 5) is 12.8. The first-order valence-electron chi connectivity index (χ1n) is 5.64. The molecule has 0 aliphatic rings. The number of carbonyl (C=O) groups excluding carboxylic acids is 1. The number of benzene rings is 2. The molecule has 0 saturated carbocycles. The van der Waals surface area contributed by atoms with Gasteiger partial charge in [-0.3, -0.25) is 4.79 Å². The fraction of sp³-hybridized carbons (Fsp3) is 0.0714. The van der Waals surface area contributed by atoms with E-state index in [2.05, 4.69) is 33.9 Å². The third-order valence-corrected chi connectivity index (χ3v) is 4.39. The molecule has 0 fully saturated rings. The molecule has 2 aromatic rings. The Morgan fingerprint density at radius 3 is 2.60 bits per heavy atom. The van der Waals surface area contributed by atoms with E-state index in [4.69, 9.17) is 23.2 Å². The highest BCUT2D eigenvalue weighted by atomic mass is 79.9. The molecule has 1 amide bonds. The van der Waals surface area contributed by atoms with Crippen LogP contribution >= 0.6 is 51.8 Å². The summed E-state index contributed by atoms with van der Waals surface area (Å²) in [6.45, 7) is 1.85. The van der Waals surface area contributed by atoms with Crippen molar-refractivity contribution in [2.45, 2.75) is 11.8 Å². The quantitative estimate of drug-likeness (QED) is 0.641. The van der Waals surface area contributed by atoms with Crippen LogP contribution < -0.4 is 5.32 Å². The van der Waals surface area contributed by atoms with Crippen molar-refractivity contribution in [3.8, 4) is 0 Å². The Kier molecular flexibility index (Phi) is 5.02. The number of carbonyl (C=O) groups is 1. The number of amides is 1. The van der Waals surface area contributed by atoms with Gasteiger partial charge >= 0.3 is 0 Å². The van der Waals surface area contributed by atoms with Gasteiger partial charge in [0.25, 0.3) is 5.91 Å². The molecule has 0 heterocycles. The molecule has 6 heteroatoms. The lowest BCUT2D eigenvalue weighted by atomic mass is 10.2. The average molecular weight is 391 g/mol. The van der Waals surface area contributed by atoms with E-state index in [1.165, 1.54) is 0 Å². The van der Waals surface area contributed by atoms with Gasteiger partial charge < -0.3 is 5.32 Å². The Hall–Kier alpha value is -0.680. The van der Waals surface area contributed by atoms with Gasteiger partial charge in [0, 0.05) is 9.37 Å². The molecular formula is C14H10BrCl2NOS. The molecule has 2 rings (SSSR count). The first-order valence-corrected chi connectivity index (χ1v) is 7.64. The van der Waals surface area contributed by atoms with Crippen LogP contribution in [0.4, 0.5) is 5.69 Å². The number of anilines is 1. The summed E-state index contributed by atoms with van der Waals surface area (Å²) in [5, 5.41) is 3.56. The lowest BCUT2D eigenvalue weighted by Crippen LogP contribution is -2.13. The maximum Gasteiger partial charge on any atom is 0.256 e. The minimum absolute atomic E-state index is 0.308. The van der Waals surface area contributed by atoms with Gasteiger partial charge in [-0.1, -0.05) is 45.2 Å². The first-order chi connectivity index (χ1) is 9.40. The number of rotatable bonds is 2. The van der Waals surface area contributed by atoms with Crippen LogP contribution in [0, 0.1) is 6.92 Å². The second-order valence-corrected chi connectivity index (χ2v) is 6.35. The maximum absolute atomic E-state index is 12.3. The van der Waals surface area contributed by atoms with E-state index in [-0.39, 0.29) is 5.91 Å². The summed E-state index contributed by atoms with van der Waals surface area (Å²) in [5.41, 5.74) is 1.70. The van der Waals surface area contributed by atoms with Gasteiger partial charge in [0.15, 0.2) is 0 Å². The normalized spacial score (nSPS) is 10.4. The van der Waals surface area contributed by atoms with Gasteiger partial charge in [0.2, 0.25) is 0 Å². The largest absolute Gasteiger partial charge is 0.319 e. The first kappa shape index (κ1) is 15.7. The lowest BCUT2D eigenvalue weighted by Gasteiger charge is -2.12. The predicted octanol–water partition coefficient (Wildman–Crippen LogP) is 5.61. The molecule has 0 aromatic heterocycles. The highest BCUT2D eigenvalue weighted by Gasteiger charge is 2.15. The lowest BCUT2D eigenvalue weighted by molar-refractivity contribution is 0.102. The van der Waals surface area contributed by atoms with E-state index in [1.54, 1.807) is 30.3 Å². The summed E-state index contributed by atoms with van der Waals surface area (Å²) in [5.74, 6) is -0.308. The summed E-state index contributed by atoms with van der Waals surface area (Å²) >= 11 is 19.9. The minimum atomic E-state index is -0.308. The second-order valence-electron chi connectivity index (χ2n) is 4.17. The topological polar surface area (TPSA) is 29.1 Å². The Bertz CT molecular complexity index is 691. The number of thiol groups is 1. The fourth-order valence-electron chi connectivity index (χ4n) is 1.65. The van der Waals surface area contributed by atoms with Crippen LogP contribution in [0.2, 0.25) is 10.0 Å². The second kappa shape index (κ2) is 6.39. The van der Waals surface area contributed by atoms with Gasteiger partial charge in [-0.2, -0.15) is 0 Å². The molecule has 1 N–H and O–H groups in total. The average Bonchev–Trinajstić information content (AvgIpc) is 2.39. The molecule has 2 aromatic carbocycles. The van der Waals surface area contributed by atoms with Gasteiger partial charge in [-0.25, -0.2) is 0 Å². The van der Waals surface area contributed by atoms with E-state index >= 15 is 0 Å². The van der Waals surface area contributed by atoms with E-state index < -0.39 is 0 Å². The molecule has 0 saturated heterocycles. The van der Waals surface area contributed by atoms with E-state index in [1.807, 2.05) is 6.92 Å². The van der Waals surface area contributed by atoms with Crippen LogP contribution in [0.1, 0.15) is 15.9 Å². The van der Waals surface area contributed by atoms with Crippen LogP contribution in [-0.2, 0) is 0 Å². The van der Waals surface area contributed by atoms with Crippen molar-refractivity contribution in [2.75, 3.05) is 5.32 Å². The zero-order chi connectivity index (χ0) is 14.9. The zero-order valence-corrected chi connectivity index (χ0v) is 14.4. The number of hydrogen-bond acceptors (Lipinski definition) is 2. The van der Waals surface area contributed by atoms with Crippen molar-refractivity contribution >= 4 is 63.4 Å². The number of halogens is 3. The van der Waals surface area contributed by atoms with Crippen molar-refractivity contribution < 1.29 is 4.79 Å². The molecule has 0 bridgehead atoms. The van der Waals surface area contributed by atoms with Gasteiger partial charge in [-0.15, -0.1) is 12.6 Å². The summed E-state index contributed by atoms with van der Waals surface area (Å²) in [6.07, 6.45) is 0. The maximum atomic E-state index is 12.3. The van der Waals surface area contributed by atoms with E-state index in [0.717, 1.165) is 10.0 Å². The van der Waals surface area contributed by atoms with Gasteiger partial charge in [0.1, 0.15) is 0 Å². The molecule has 0 aliphatic carbocycles. The zero-order valence-electron chi connectivity index (χ0n) is 10.4. The monoisotopic (exact) mass is 389 g/mol. The molecule has 0 atom stereocenters. The molecule has 0 aliphatic heterocycles. The van der Waals surface area contributed by atoms with Crippen LogP contribution in [0.5, 0.6) is 0 Å². The Balaban J connectivity index is 2.35. The van der Waals surface area contributed by atoms with Gasteiger partial charge in [0.05, 0.1) is 21.3 Å². The summed E-state index contributed by atoms with van der Waals surface area (Å²) in [7, 11) is 0. The highest BCUT2D eigenvalue weighted by molar-refractivity contribution is 9.10. The third kappa shape index (κ3) is 3.31. The SMILES string of the molecule is Cc1ccc(Cl)c(NC(=O)c2ccc(Br)cc2S)c1Cl. The number of nitrogens with one attached hydrogen (secondary N) is 1. The van der Waals surface area contributed by atoms with Crippen molar-refractivity contribution in [1.82, 2.24) is 0 Å². The highest BCUT2D eigenvalue weighted by Crippen LogP contribution is 2.33. The number of hydrogen-bond donors (Lipinski definition) is 2. The van der Waals surface area contributed by atoms with E-state index in [9.17, 15) is 4.79 Å². The third-order valence-electron chi connectivity index (χ3n) is 2.73. The standard InChI is InChI=1S/C14H10BrCl2NOS/c1-7-2-5-10(16)13(12(7)17)18-14(19)9-4-3-8(15)6-11(9)20/h2-6,20H,1H3,(H,18,19). The molecule has 0 unspecified atom stereocenters. The molecule has 0 spiro atoms. The molecular weight excluding hydrogens is 381 g/mol. The number of aryl methyl sites for hydroxylation is 1. The molecule has 104 valence electrons. The fourth-order valence-corrected chi connectivity index (χ4v) is 2.97. The van der Waals surface area contributed by atoms with Crippen LogP contribution in [-0.4, -0.2) is 5.91 Å². The summed E-state index contributed by atoms with van der Waals surface area (Å²) < 4.78 is 0.852. The van der Waals surface area contributed by atoms with Gasteiger partial charge in [-0.05, 0) is 36.8 Å². The smallest absolute Gasteiger partial charge is 0.256 e. The van der Waals surface area contributed by atoms with E-state index in [0.29, 0.717) is 26.2 Å². The van der Waals surface area contributed by atoms with Crippen molar-refractivity contribution in [2.24, 2.45) is 0 Å². The summed E-state index contributed by atoms with van der Waals surface area (Å²) in [6, 6.07) is 8.69. The Morgan fingerprint density at radius 2 is 1.95 bits per heavy atom. The van der Waals surface area contributed by atoms with Crippen molar-refractivity contribution in [1.29, 1.82) is 0 Å². The molecule has 20 heavy (non-hydrogen) atoms. The van der Waals surface area contributed by atoms with Crippen LogP contribution in [0.25, 0.3) is 0 Å². The molecule has 2 nitrogen and oxygen atoms in total. The Labute approximate surface area is 141 Å². The van der Waals surface area contributed by atoms with Crippen LogP contribution in [0.15, 0.2) is 39.7 Å².